The molecule has 0 amide bonds. The van der Waals surface area contributed by atoms with E-state index in [1.54, 1.807) is 0 Å². The van der Waals surface area contributed by atoms with Gasteiger partial charge >= 0.3 is 5.97 Å². The van der Waals surface area contributed by atoms with Crippen molar-refractivity contribution in [3.63, 3.8) is 0 Å². The summed E-state index contributed by atoms with van der Waals surface area (Å²) >= 11 is 0. The third-order valence-electron chi connectivity index (χ3n) is 2.75. The van der Waals surface area contributed by atoms with Crippen molar-refractivity contribution in [2.75, 3.05) is 13.1 Å². The summed E-state index contributed by atoms with van der Waals surface area (Å²) in [5.41, 5.74) is 0. The highest BCUT2D eigenvalue weighted by Gasteiger charge is 2.23. The van der Waals surface area contributed by atoms with Crippen molar-refractivity contribution in [3.05, 3.63) is 0 Å². The van der Waals surface area contributed by atoms with Crippen LogP contribution in [0.25, 0.3) is 0 Å². The summed E-state index contributed by atoms with van der Waals surface area (Å²) in [6, 6.07) is -0.252. The van der Waals surface area contributed by atoms with Crippen molar-refractivity contribution < 1.29 is 9.90 Å². The number of carboxylic acids is 1. The predicted octanol–water partition coefficient (Wildman–Crippen LogP) is 1.73. The van der Waals surface area contributed by atoms with Gasteiger partial charge in [-0.2, -0.15) is 0 Å². The number of likely N-dealkylation sites (tertiary alicyclic amines) is 1. The first-order valence-corrected chi connectivity index (χ1v) is 5.22. The van der Waals surface area contributed by atoms with Crippen LogP contribution >= 0.6 is 0 Å². The van der Waals surface area contributed by atoms with Crippen LogP contribution in [0.1, 0.15) is 39.0 Å². The van der Waals surface area contributed by atoms with Crippen LogP contribution in [0.15, 0.2) is 0 Å². The maximum absolute atomic E-state index is 10.9. The molecule has 3 heteroatoms. The zero-order valence-corrected chi connectivity index (χ0v) is 8.33. The number of hydrogen-bond donors (Lipinski definition) is 1. The third-order valence-corrected chi connectivity index (χ3v) is 2.75. The van der Waals surface area contributed by atoms with Gasteiger partial charge in [0.05, 0.1) is 0 Å². The number of aliphatic carboxylic acids is 1. The summed E-state index contributed by atoms with van der Waals surface area (Å²) in [5, 5.41) is 8.98. The monoisotopic (exact) mass is 185 g/mol. The highest BCUT2D eigenvalue weighted by atomic mass is 16.4. The SMILES string of the molecule is CC[C@@H](C(=O)O)N1CCCCCC1. The molecule has 1 heterocycles. The van der Waals surface area contributed by atoms with Crippen LogP contribution in [0.2, 0.25) is 0 Å². The first-order chi connectivity index (χ1) is 6.25. The fourth-order valence-electron chi connectivity index (χ4n) is 2.00. The molecular weight excluding hydrogens is 166 g/mol. The molecule has 3 nitrogen and oxygen atoms in total. The van der Waals surface area contributed by atoms with Gasteiger partial charge < -0.3 is 5.11 Å². The van der Waals surface area contributed by atoms with E-state index in [1.807, 2.05) is 6.92 Å². The van der Waals surface area contributed by atoms with Gasteiger partial charge in [-0.3, -0.25) is 9.69 Å². The van der Waals surface area contributed by atoms with Crippen molar-refractivity contribution in [3.8, 4) is 0 Å². The number of nitrogens with zero attached hydrogens (tertiary/aromatic N) is 1. The second kappa shape index (κ2) is 5.22. The van der Waals surface area contributed by atoms with Gasteiger partial charge in [0.25, 0.3) is 0 Å². The Hall–Kier alpha value is -0.570. The molecule has 1 aliphatic heterocycles. The Balaban J connectivity index is 2.50. The normalized spacial score (nSPS) is 22.2. The van der Waals surface area contributed by atoms with Crippen LogP contribution in [-0.2, 0) is 4.79 Å². The molecule has 0 saturated carbocycles. The fourth-order valence-corrected chi connectivity index (χ4v) is 2.00. The van der Waals surface area contributed by atoms with Crippen molar-refractivity contribution in [1.82, 2.24) is 4.90 Å². The smallest absolute Gasteiger partial charge is 0.320 e. The standard InChI is InChI=1S/C10H19NO2/c1-2-9(10(12)13)11-7-5-3-4-6-8-11/h9H,2-8H2,1H3,(H,12,13)/t9-/m0/s1. The van der Waals surface area contributed by atoms with Crippen LogP contribution in [0.3, 0.4) is 0 Å². The molecule has 0 bridgehead atoms. The Kier molecular flexibility index (Phi) is 4.22. The van der Waals surface area contributed by atoms with Crippen LogP contribution < -0.4 is 0 Å². The first kappa shape index (κ1) is 10.5. The van der Waals surface area contributed by atoms with Crippen molar-refractivity contribution in [2.24, 2.45) is 0 Å². The summed E-state index contributed by atoms with van der Waals surface area (Å²) in [6.07, 6.45) is 5.54. The fraction of sp³-hybridized carbons (Fsp3) is 0.900. The largest absolute Gasteiger partial charge is 0.480 e. The van der Waals surface area contributed by atoms with E-state index >= 15 is 0 Å². The molecule has 0 aliphatic carbocycles. The topological polar surface area (TPSA) is 40.5 Å². The van der Waals surface area contributed by atoms with Gasteiger partial charge in [0.15, 0.2) is 0 Å². The lowest BCUT2D eigenvalue weighted by molar-refractivity contribution is -0.143. The number of carboxylic acid groups (broad SMARTS) is 1. The molecule has 13 heavy (non-hydrogen) atoms. The Morgan fingerprint density at radius 1 is 1.31 bits per heavy atom. The van der Waals surface area contributed by atoms with Gasteiger partial charge in [-0.15, -0.1) is 0 Å². The second-order valence-corrected chi connectivity index (χ2v) is 3.71. The second-order valence-electron chi connectivity index (χ2n) is 3.71. The minimum atomic E-state index is -0.663. The molecule has 0 aromatic heterocycles. The van der Waals surface area contributed by atoms with Crippen LogP contribution in [0.4, 0.5) is 0 Å². The molecule has 1 atom stereocenters. The van der Waals surface area contributed by atoms with Crippen molar-refractivity contribution >= 4 is 5.97 Å². The average Bonchev–Trinajstić information content (AvgIpc) is 2.33. The van der Waals surface area contributed by atoms with Crippen LogP contribution in [0, 0.1) is 0 Å². The lowest BCUT2D eigenvalue weighted by atomic mass is 10.2. The minimum Gasteiger partial charge on any atom is -0.480 e. The van der Waals surface area contributed by atoms with E-state index in [-0.39, 0.29) is 6.04 Å². The van der Waals surface area contributed by atoms with Crippen molar-refractivity contribution in [2.45, 2.75) is 45.1 Å². The molecule has 0 unspecified atom stereocenters. The summed E-state index contributed by atoms with van der Waals surface area (Å²) in [5.74, 6) is -0.663. The highest BCUT2D eigenvalue weighted by molar-refractivity contribution is 5.73. The van der Waals surface area contributed by atoms with E-state index in [2.05, 4.69) is 4.90 Å². The van der Waals surface area contributed by atoms with E-state index in [1.165, 1.54) is 12.8 Å². The van der Waals surface area contributed by atoms with E-state index in [0.717, 1.165) is 32.4 Å². The predicted molar refractivity (Wildman–Crippen MR) is 51.8 cm³/mol. The zero-order chi connectivity index (χ0) is 9.68. The Bertz CT molecular complexity index is 162. The van der Waals surface area contributed by atoms with Gasteiger partial charge in [-0.25, -0.2) is 0 Å². The molecular formula is C10H19NO2. The number of rotatable bonds is 3. The molecule has 0 radical (unpaired) electrons. The van der Waals surface area contributed by atoms with E-state index < -0.39 is 5.97 Å². The summed E-state index contributed by atoms with van der Waals surface area (Å²) in [4.78, 5) is 13.0. The molecule has 76 valence electrons. The maximum atomic E-state index is 10.9. The molecule has 1 fully saturated rings. The molecule has 0 spiro atoms. The average molecular weight is 185 g/mol. The molecule has 1 rings (SSSR count). The van der Waals surface area contributed by atoms with Gasteiger partial charge in [0.2, 0.25) is 0 Å². The van der Waals surface area contributed by atoms with E-state index in [4.69, 9.17) is 5.11 Å². The van der Waals surface area contributed by atoms with E-state index in [9.17, 15) is 4.79 Å². The van der Waals surface area contributed by atoms with Crippen LogP contribution in [0.5, 0.6) is 0 Å². The lowest BCUT2D eigenvalue weighted by Gasteiger charge is -2.26. The first-order valence-electron chi connectivity index (χ1n) is 5.22. The zero-order valence-electron chi connectivity index (χ0n) is 8.33. The molecule has 0 aromatic rings. The van der Waals surface area contributed by atoms with Gasteiger partial charge in [0, 0.05) is 0 Å². The summed E-state index contributed by atoms with van der Waals surface area (Å²) in [7, 11) is 0. The number of carbonyl (C=O) groups is 1. The molecule has 1 aliphatic rings. The van der Waals surface area contributed by atoms with Gasteiger partial charge in [-0.1, -0.05) is 19.8 Å². The Morgan fingerprint density at radius 2 is 1.85 bits per heavy atom. The van der Waals surface area contributed by atoms with Crippen LogP contribution in [-0.4, -0.2) is 35.1 Å². The third kappa shape index (κ3) is 2.99. The highest BCUT2D eigenvalue weighted by Crippen LogP contribution is 2.14. The number of hydrogen-bond acceptors (Lipinski definition) is 2. The van der Waals surface area contributed by atoms with E-state index in [0.29, 0.717) is 0 Å². The quantitative estimate of drug-likeness (QED) is 0.728. The minimum absolute atomic E-state index is 0.252. The summed E-state index contributed by atoms with van der Waals surface area (Å²) < 4.78 is 0. The van der Waals surface area contributed by atoms with Gasteiger partial charge in [0.1, 0.15) is 6.04 Å². The molecule has 1 saturated heterocycles. The molecule has 0 aromatic carbocycles. The van der Waals surface area contributed by atoms with Gasteiger partial charge in [-0.05, 0) is 32.4 Å². The molecule has 1 N–H and O–H groups in total. The Labute approximate surface area is 79.7 Å². The summed E-state index contributed by atoms with van der Waals surface area (Å²) in [6.45, 7) is 3.87. The lowest BCUT2D eigenvalue weighted by Crippen LogP contribution is -2.41. The Morgan fingerprint density at radius 3 is 2.23 bits per heavy atom. The maximum Gasteiger partial charge on any atom is 0.320 e. The van der Waals surface area contributed by atoms with Crippen molar-refractivity contribution in [1.29, 1.82) is 0 Å².